The largest absolute Gasteiger partial charge is 0.461 e. The second-order valence-corrected chi connectivity index (χ2v) is 15.6. The van der Waals surface area contributed by atoms with Crippen molar-refractivity contribution in [2.75, 3.05) is 6.61 Å². The molecule has 2 atom stereocenters. The van der Waals surface area contributed by atoms with Crippen molar-refractivity contribution >= 4 is 31.1 Å². The van der Waals surface area contributed by atoms with Crippen LogP contribution in [0.15, 0.2) is 52.9 Å². The molecule has 3 aromatic rings. The lowest BCUT2D eigenvalue weighted by Gasteiger charge is -2.39. The number of aryl methyl sites for hydroxylation is 1. The molecular formula is C27H36N2O5Si. The third-order valence-electron chi connectivity index (χ3n) is 7.01. The Balaban J connectivity index is 1.93. The molecule has 1 heterocycles. The highest BCUT2D eigenvalue weighted by Crippen LogP contribution is 2.37. The summed E-state index contributed by atoms with van der Waals surface area (Å²) in [4.78, 5) is 25.9. The fourth-order valence-corrected chi connectivity index (χ4v) is 4.62. The molecule has 0 bridgehead atoms. The zero-order valence-electron chi connectivity index (χ0n) is 21.6. The maximum Gasteiger partial charge on any atom is 0.256 e. The van der Waals surface area contributed by atoms with Gasteiger partial charge in [0.1, 0.15) is 23.0 Å². The minimum Gasteiger partial charge on any atom is -0.461 e. The summed E-state index contributed by atoms with van der Waals surface area (Å²) >= 11 is 0. The van der Waals surface area contributed by atoms with E-state index in [0.717, 1.165) is 5.56 Å². The van der Waals surface area contributed by atoms with Crippen molar-refractivity contribution in [1.82, 2.24) is 5.32 Å². The van der Waals surface area contributed by atoms with Gasteiger partial charge < -0.3 is 25.0 Å². The van der Waals surface area contributed by atoms with Crippen LogP contribution in [0, 0.1) is 6.92 Å². The summed E-state index contributed by atoms with van der Waals surface area (Å²) in [5, 5.41) is 14.1. The highest BCUT2D eigenvalue weighted by molar-refractivity contribution is 6.74. The van der Waals surface area contributed by atoms with Gasteiger partial charge in [0.25, 0.3) is 5.91 Å². The van der Waals surface area contributed by atoms with Crippen molar-refractivity contribution in [3.63, 3.8) is 0 Å². The predicted octanol–water partition coefficient (Wildman–Crippen LogP) is 4.82. The number of amides is 2. The third kappa shape index (κ3) is 5.50. The van der Waals surface area contributed by atoms with Crippen molar-refractivity contribution < 1.29 is 23.5 Å². The van der Waals surface area contributed by atoms with Crippen LogP contribution in [0.2, 0.25) is 18.1 Å². The molecule has 2 aromatic carbocycles. The number of carbonyl (C=O) groups is 2. The maximum absolute atomic E-state index is 13.4. The second kappa shape index (κ2) is 9.60. The zero-order chi connectivity index (χ0) is 26.2. The molecule has 0 radical (unpaired) electrons. The van der Waals surface area contributed by atoms with Gasteiger partial charge in [-0.05, 0) is 55.2 Å². The van der Waals surface area contributed by atoms with Crippen molar-refractivity contribution in [3.8, 4) is 0 Å². The van der Waals surface area contributed by atoms with E-state index in [-0.39, 0.29) is 11.6 Å². The van der Waals surface area contributed by atoms with Crippen LogP contribution in [-0.2, 0) is 9.22 Å². The first-order valence-electron chi connectivity index (χ1n) is 11.7. The van der Waals surface area contributed by atoms with Crippen LogP contribution < -0.4 is 11.1 Å². The van der Waals surface area contributed by atoms with E-state index in [9.17, 15) is 14.7 Å². The summed E-state index contributed by atoms with van der Waals surface area (Å²) < 4.78 is 12.0. The first kappa shape index (κ1) is 26.7. The Morgan fingerprint density at radius 2 is 1.71 bits per heavy atom. The molecule has 3 rings (SSSR count). The van der Waals surface area contributed by atoms with Crippen LogP contribution in [0.25, 0.3) is 11.0 Å². The number of benzene rings is 2. The number of nitrogens with one attached hydrogen (secondary N) is 1. The average molecular weight is 497 g/mol. The number of carbonyl (C=O) groups excluding carboxylic acids is 2. The normalized spacial score (nSPS) is 15.0. The highest BCUT2D eigenvalue weighted by Gasteiger charge is 2.42. The van der Waals surface area contributed by atoms with Crippen LogP contribution in [-0.4, -0.2) is 37.4 Å². The van der Waals surface area contributed by atoms with Gasteiger partial charge in [-0.1, -0.05) is 57.2 Å². The van der Waals surface area contributed by atoms with E-state index in [2.05, 4.69) is 39.2 Å². The Morgan fingerprint density at radius 1 is 1.09 bits per heavy atom. The first-order valence-corrected chi connectivity index (χ1v) is 14.6. The van der Waals surface area contributed by atoms with Crippen molar-refractivity contribution in [2.24, 2.45) is 5.73 Å². The Kier molecular flexibility index (Phi) is 7.31. The fraction of sp³-hybridized carbons (Fsp3) is 0.407. The molecule has 1 unspecified atom stereocenters. The number of aliphatic hydroxyl groups excluding tert-OH is 1. The third-order valence-corrected chi connectivity index (χ3v) is 11.5. The zero-order valence-corrected chi connectivity index (χ0v) is 22.6. The summed E-state index contributed by atoms with van der Waals surface area (Å²) in [7, 11) is -2.19. The number of hydrogen-bond acceptors (Lipinski definition) is 5. The molecule has 2 amide bonds. The number of aliphatic hydroxyl groups is 1. The average Bonchev–Trinajstić information content (AvgIpc) is 3.12. The lowest BCUT2D eigenvalue weighted by atomic mass is 9.98. The highest BCUT2D eigenvalue weighted by atomic mass is 28.4. The number of furan rings is 1. The molecule has 0 aliphatic rings. The quantitative estimate of drug-likeness (QED) is 0.387. The molecule has 0 saturated carbocycles. The molecular weight excluding hydrogens is 460 g/mol. The topological polar surface area (TPSA) is 115 Å². The number of primary amides is 1. The fourth-order valence-electron chi connectivity index (χ4n) is 3.54. The summed E-state index contributed by atoms with van der Waals surface area (Å²) in [6.07, 6.45) is -0.861. The van der Waals surface area contributed by atoms with Gasteiger partial charge in [-0.2, -0.15) is 0 Å². The van der Waals surface area contributed by atoms with E-state index in [4.69, 9.17) is 14.6 Å². The standard InChI is InChI=1S/C27H36N2O5Si/c1-17-22(24(31)29-27(5,25(28)32)16-33-35(6,7)26(2,3)4)20-15-19(13-14-21(20)34-17)23(30)18-11-9-8-10-12-18/h8-15,23,30H,16H2,1-7H3,(H2,28,32)(H,29,31)/t23?,27-/m0/s1. The van der Waals surface area contributed by atoms with E-state index in [0.29, 0.717) is 27.9 Å². The molecule has 188 valence electrons. The number of fused-ring (bicyclic) bond motifs is 1. The summed E-state index contributed by atoms with van der Waals surface area (Å²) in [6, 6.07) is 14.5. The summed E-state index contributed by atoms with van der Waals surface area (Å²) in [5.74, 6) is -0.774. The van der Waals surface area contributed by atoms with Gasteiger partial charge in [-0.25, -0.2) is 0 Å². The number of rotatable bonds is 8. The molecule has 0 fully saturated rings. The SMILES string of the molecule is Cc1oc2ccc(C(O)c3ccccc3)cc2c1C(=O)N[C@@](C)(CO[Si](C)(C)C(C)(C)C)C(N)=O. The van der Waals surface area contributed by atoms with Gasteiger partial charge >= 0.3 is 0 Å². The van der Waals surface area contributed by atoms with Gasteiger partial charge in [0, 0.05) is 5.39 Å². The van der Waals surface area contributed by atoms with E-state index in [1.54, 1.807) is 32.0 Å². The Hall–Kier alpha value is -2.94. The van der Waals surface area contributed by atoms with Crippen molar-refractivity contribution in [2.45, 2.75) is 64.4 Å². The van der Waals surface area contributed by atoms with Gasteiger partial charge in [0.15, 0.2) is 8.32 Å². The van der Waals surface area contributed by atoms with Crippen molar-refractivity contribution in [3.05, 3.63) is 71.0 Å². The molecule has 0 aliphatic heterocycles. The van der Waals surface area contributed by atoms with Gasteiger partial charge in [0.05, 0.1) is 12.2 Å². The Bertz CT molecular complexity index is 1230. The summed E-state index contributed by atoms with van der Waals surface area (Å²) in [6.45, 7) is 13.7. The molecule has 8 heteroatoms. The van der Waals surface area contributed by atoms with Crippen LogP contribution in [0.3, 0.4) is 0 Å². The molecule has 1 aromatic heterocycles. The number of nitrogens with two attached hydrogens (primary N) is 1. The number of hydrogen-bond donors (Lipinski definition) is 3. The van der Waals surface area contributed by atoms with E-state index >= 15 is 0 Å². The lowest BCUT2D eigenvalue weighted by Crippen LogP contribution is -2.60. The monoisotopic (exact) mass is 496 g/mol. The van der Waals surface area contributed by atoms with E-state index < -0.39 is 31.8 Å². The summed E-state index contributed by atoms with van der Waals surface area (Å²) in [5.41, 5.74) is 6.47. The minimum absolute atomic E-state index is 0.0304. The second-order valence-electron chi connectivity index (χ2n) is 10.8. The lowest BCUT2D eigenvalue weighted by molar-refractivity contribution is -0.124. The predicted molar refractivity (Wildman–Crippen MR) is 140 cm³/mol. The van der Waals surface area contributed by atoms with Gasteiger partial charge in [0.2, 0.25) is 5.91 Å². The molecule has 35 heavy (non-hydrogen) atoms. The van der Waals surface area contributed by atoms with Crippen LogP contribution >= 0.6 is 0 Å². The van der Waals surface area contributed by atoms with Gasteiger partial charge in [-0.15, -0.1) is 0 Å². The van der Waals surface area contributed by atoms with Crippen LogP contribution in [0.5, 0.6) is 0 Å². The Morgan fingerprint density at radius 3 is 2.29 bits per heavy atom. The van der Waals surface area contributed by atoms with Crippen LogP contribution in [0.4, 0.5) is 0 Å². The molecule has 0 saturated heterocycles. The van der Waals surface area contributed by atoms with Crippen molar-refractivity contribution in [1.29, 1.82) is 0 Å². The van der Waals surface area contributed by atoms with Gasteiger partial charge in [-0.3, -0.25) is 9.59 Å². The van der Waals surface area contributed by atoms with Crippen LogP contribution in [0.1, 0.15) is 61.0 Å². The minimum atomic E-state index is -2.19. The molecule has 7 nitrogen and oxygen atoms in total. The first-order chi connectivity index (χ1) is 16.2. The smallest absolute Gasteiger partial charge is 0.256 e. The Labute approximate surface area is 207 Å². The molecule has 0 aliphatic carbocycles. The van der Waals surface area contributed by atoms with E-state index in [1.165, 1.54) is 0 Å². The maximum atomic E-state index is 13.4. The molecule has 4 N–H and O–H groups in total. The van der Waals surface area contributed by atoms with E-state index in [1.807, 2.05) is 30.3 Å². The molecule has 0 spiro atoms.